The summed E-state index contributed by atoms with van der Waals surface area (Å²) in [5.74, 6) is 0.959. The fraction of sp³-hybridized carbons (Fsp3) is 0.455. The zero-order chi connectivity index (χ0) is 9.68. The summed E-state index contributed by atoms with van der Waals surface area (Å²) in [4.78, 5) is 1.04. The van der Waals surface area contributed by atoms with Crippen LogP contribution in [0.3, 0.4) is 0 Å². The van der Waals surface area contributed by atoms with Crippen LogP contribution in [0, 0.1) is 0 Å². The topological polar surface area (TPSA) is 9.23 Å². The molecule has 0 amide bonds. The first-order chi connectivity index (χ1) is 6.29. The van der Waals surface area contributed by atoms with Gasteiger partial charge < -0.3 is 4.74 Å². The molecule has 1 aromatic rings. The van der Waals surface area contributed by atoms with Crippen molar-refractivity contribution >= 4 is 12.6 Å². The summed E-state index contributed by atoms with van der Waals surface area (Å²) >= 11 is 4.41. The largest absolute Gasteiger partial charge is 0.496 e. The number of ether oxygens (including phenoxy) is 1. The molecule has 0 fully saturated rings. The van der Waals surface area contributed by atoms with Gasteiger partial charge in [0.2, 0.25) is 0 Å². The molecule has 0 aliphatic carbocycles. The third kappa shape index (κ3) is 2.66. The monoisotopic (exact) mass is 196 g/mol. The molecule has 0 unspecified atom stereocenters. The van der Waals surface area contributed by atoms with Crippen LogP contribution < -0.4 is 4.74 Å². The highest BCUT2D eigenvalue weighted by Gasteiger charge is 2.04. The molecule has 1 nitrogen and oxygen atoms in total. The van der Waals surface area contributed by atoms with Crippen molar-refractivity contribution in [2.24, 2.45) is 0 Å². The Bertz CT molecular complexity index is 271. The number of methoxy groups -OCH3 is 1. The van der Waals surface area contributed by atoms with Crippen molar-refractivity contribution in [3.63, 3.8) is 0 Å². The molecule has 1 aromatic carbocycles. The van der Waals surface area contributed by atoms with Crippen LogP contribution in [0.15, 0.2) is 23.1 Å². The lowest BCUT2D eigenvalue weighted by Crippen LogP contribution is -1.93. The molecule has 1 rings (SSSR count). The van der Waals surface area contributed by atoms with Crippen molar-refractivity contribution in [1.29, 1.82) is 0 Å². The summed E-state index contributed by atoms with van der Waals surface area (Å²) in [6.07, 6.45) is 3.44. The van der Waals surface area contributed by atoms with Crippen LogP contribution in [0.4, 0.5) is 0 Å². The van der Waals surface area contributed by atoms with E-state index in [0.717, 1.165) is 17.1 Å². The lowest BCUT2D eigenvalue weighted by Gasteiger charge is -2.09. The molecule has 0 saturated heterocycles. The minimum Gasteiger partial charge on any atom is -0.496 e. The Hall–Kier alpha value is -0.630. The summed E-state index contributed by atoms with van der Waals surface area (Å²) < 4.78 is 5.27. The standard InChI is InChI=1S/C11H16OS/c1-3-4-6-9-10(12-2)7-5-8-11(9)13/h5,7-8,13H,3-4,6H2,1-2H3. The molecule has 0 atom stereocenters. The minimum absolute atomic E-state index is 0.959. The van der Waals surface area contributed by atoms with Crippen LogP contribution >= 0.6 is 12.6 Å². The van der Waals surface area contributed by atoms with Gasteiger partial charge in [-0.25, -0.2) is 0 Å². The zero-order valence-electron chi connectivity index (χ0n) is 8.21. The predicted octanol–water partition coefficient (Wildman–Crippen LogP) is 3.33. The maximum atomic E-state index is 5.27. The average molecular weight is 196 g/mol. The van der Waals surface area contributed by atoms with Gasteiger partial charge in [0.05, 0.1) is 7.11 Å². The summed E-state index contributed by atoms with van der Waals surface area (Å²) in [6.45, 7) is 2.19. The second kappa shape index (κ2) is 5.18. The van der Waals surface area contributed by atoms with E-state index in [1.807, 2.05) is 18.2 Å². The Kier molecular flexibility index (Phi) is 4.16. The normalized spacial score (nSPS) is 10.1. The van der Waals surface area contributed by atoms with E-state index in [2.05, 4.69) is 19.6 Å². The zero-order valence-corrected chi connectivity index (χ0v) is 9.10. The average Bonchev–Trinajstić information content (AvgIpc) is 2.15. The van der Waals surface area contributed by atoms with E-state index < -0.39 is 0 Å². The molecule has 13 heavy (non-hydrogen) atoms. The molecular formula is C11H16OS. The van der Waals surface area contributed by atoms with E-state index in [1.165, 1.54) is 18.4 Å². The van der Waals surface area contributed by atoms with Gasteiger partial charge in [0.1, 0.15) is 5.75 Å². The van der Waals surface area contributed by atoms with E-state index in [9.17, 15) is 0 Å². The lowest BCUT2D eigenvalue weighted by atomic mass is 10.1. The van der Waals surface area contributed by atoms with Crippen molar-refractivity contribution in [3.8, 4) is 5.75 Å². The quantitative estimate of drug-likeness (QED) is 0.727. The number of unbranched alkanes of at least 4 members (excludes halogenated alkanes) is 1. The Morgan fingerprint density at radius 3 is 2.77 bits per heavy atom. The maximum absolute atomic E-state index is 5.27. The smallest absolute Gasteiger partial charge is 0.123 e. The van der Waals surface area contributed by atoms with Gasteiger partial charge in [-0.3, -0.25) is 0 Å². The van der Waals surface area contributed by atoms with E-state index >= 15 is 0 Å². The van der Waals surface area contributed by atoms with Gasteiger partial charge in [-0.15, -0.1) is 12.6 Å². The summed E-state index contributed by atoms with van der Waals surface area (Å²) in [6, 6.07) is 5.97. The number of rotatable bonds is 4. The van der Waals surface area contributed by atoms with Crippen LogP contribution in [0.25, 0.3) is 0 Å². The van der Waals surface area contributed by atoms with E-state index in [4.69, 9.17) is 4.74 Å². The molecule has 0 radical (unpaired) electrons. The molecule has 0 bridgehead atoms. The Morgan fingerprint density at radius 1 is 1.38 bits per heavy atom. The molecule has 0 aliphatic rings. The summed E-state index contributed by atoms with van der Waals surface area (Å²) in [5, 5.41) is 0. The number of hydrogen-bond acceptors (Lipinski definition) is 2. The minimum atomic E-state index is 0.959. The molecule has 72 valence electrons. The van der Waals surface area contributed by atoms with Crippen LogP contribution in [-0.4, -0.2) is 7.11 Å². The number of thiol groups is 1. The Balaban J connectivity index is 2.87. The van der Waals surface area contributed by atoms with E-state index in [1.54, 1.807) is 7.11 Å². The van der Waals surface area contributed by atoms with Crippen LogP contribution in [0.5, 0.6) is 5.75 Å². The van der Waals surface area contributed by atoms with Crippen LogP contribution in [-0.2, 0) is 6.42 Å². The Labute approximate surface area is 85.5 Å². The highest BCUT2D eigenvalue weighted by atomic mass is 32.1. The Morgan fingerprint density at radius 2 is 2.15 bits per heavy atom. The predicted molar refractivity (Wildman–Crippen MR) is 58.9 cm³/mol. The molecule has 0 aliphatic heterocycles. The molecule has 2 heteroatoms. The van der Waals surface area contributed by atoms with Gasteiger partial charge >= 0.3 is 0 Å². The summed E-state index contributed by atoms with van der Waals surface area (Å²) in [7, 11) is 1.71. The maximum Gasteiger partial charge on any atom is 0.123 e. The highest BCUT2D eigenvalue weighted by Crippen LogP contribution is 2.26. The summed E-state index contributed by atoms with van der Waals surface area (Å²) in [5.41, 5.74) is 1.23. The molecule has 0 saturated carbocycles. The van der Waals surface area contributed by atoms with Crippen molar-refractivity contribution in [2.75, 3.05) is 7.11 Å². The van der Waals surface area contributed by atoms with Crippen LogP contribution in [0.2, 0.25) is 0 Å². The second-order valence-electron chi connectivity index (χ2n) is 3.06. The third-order valence-corrected chi connectivity index (χ3v) is 2.53. The lowest BCUT2D eigenvalue weighted by molar-refractivity contribution is 0.407. The highest BCUT2D eigenvalue weighted by molar-refractivity contribution is 7.80. The van der Waals surface area contributed by atoms with Crippen molar-refractivity contribution in [1.82, 2.24) is 0 Å². The fourth-order valence-electron chi connectivity index (χ4n) is 1.35. The number of hydrogen-bond donors (Lipinski definition) is 1. The third-order valence-electron chi connectivity index (χ3n) is 2.11. The molecule has 0 spiro atoms. The first-order valence-electron chi connectivity index (χ1n) is 4.64. The molecular weight excluding hydrogens is 180 g/mol. The van der Waals surface area contributed by atoms with Crippen molar-refractivity contribution in [3.05, 3.63) is 23.8 Å². The van der Waals surface area contributed by atoms with Crippen molar-refractivity contribution < 1.29 is 4.74 Å². The van der Waals surface area contributed by atoms with Crippen LogP contribution in [0.1, 0.15) is 25.3 Å². The number of benzene rings is 1. The van der Waals surface area contributed by atoms with E-state index in [0.29, 0.717) is 0 Å². The van der Waals surface area contributed by atoms with Gasteiger partial charge in [0, 0.05) is 10.5 Å². The molecule has 0 heterocycles. The fourth-order valence-corrected chi connectivity index (χ4v) is 1.66. The van der Waals surface area contributed by atoms with Gasteiger partial charge in [-0.1, -0.05) is 19.4 Å². The van der Waals surface area contributed by atoms with Gasteiger partial charge in [0.25, 0.3) is 0 Å². The van der Waals surface area contributed by atoms with Gasteiger partial charge in [-0.2, -0.15) is 0 Å². The van der Waals surface area contributed by atoms with Crippen molar-refractivity contribution in [2.45, 2.75) is 31.1 Å². The molecule has 0 aromatic heterocycles. The second-order valence-corrected chi connectivity index (χ2v) is 3.54. The first-order valence-corrected chi connectivity index (χ1v) is 5.09. The SMILES string of the molecule is CCCCc1c(S)cccc1OC. The van der Waals surface area contributed by atoms with Gasteiger partial charge in [0.15, 0.2) is 0 Å². The first kappa shape index (κ1) is 10.5. The molecule has 0 N–H and O–H groups in total. The van der Waals surface area contributed by atoms with E-state index in [-0.39, 0.29) is 0 Å². The van der Waals surface area contributed by atoms with Gasteiger partial charge in [-0.05, 0) is 25.0 Å².